The summed E-state index contributed by atoms with van der Waals surface area (Å²) in [5, 5.41) is 0. The van der Waals surface area contributed by atoms with Gasteiger partial charge >= 0.3 is 0 Å². The van der Waals surface area contributed by atoms with Crippen molar-refractivity contribution < 1.29 is 0 Å². The Hall–Kier alpha value is -0.0800. The fourth-order valence-electron chi connectivity index (χ4n) is 3.78. The summed E-state index contributed by atoms with van der Waals surface area (Å²) in [7, 11) is 0. The van der Waals surface area contributed by atoms with E-state index >= 15 is 0 Å². The smallest absolute Gasteiger partial charge is 0.0152 e. The highest BCUT2D eigenvalue weighted by atomic mass is 15.2. The molecule has 0 bridgehead atoms. The van der Waals surface area contributed by atoms with E-state index in [1.54, 1.807) is 0 Å². The molecule has 1 saturated heterocycles. The second-order valence-electron chi connectivity index (χ2n) is 8.59. The van der Waals surface area contributed by atoms with Crippen molar-refractivity contribution in [2.45, 2.75) is 78.4 Å². The second-order valence-corrected chi connectivity index (χ2v) is 8.59. The van der Waals surface area contributed by atoms with Gasteiger partial charge in [-0.2, -0.15) is 0 Å². The Kier molecular flexibility index (Phi) is 3.57. The molecular weight excluding hydrogens is 220 g/mol. The molecule has 4 atom stereocenters. The number of nitrogens with two attached hydrogens (primary N) is 1. The van der Waals surface area contributed by atoms with Crippen LogP contribution in [0.25, 0.3) is 0 Å². The molecule has 2 rings (SSSR count). The third-order valence-electron chi connectivity index (χ3n) is 5.00. The molecule has 2 nitrogen and oxygen atoms in total. The standard InChI is InChI=1S/C16H32N2/c1-15(2,3)14-9-11(12-10-13(12)17)7-8-18(14)16(4,5)6/h11-14H,7-10,17H2,1-6H3. The molecular formula is C16H32N2. The third kappa shape index (κ3) is 2.91. The maximum Gasteiger partial charge on any atom is 0.0152 e. The Morgan fingerprint density at radius 3 is 1.94 bits per heavy atom. The lowest BCUT2D eigenvalue weighted by Crippen LogP contribution is -2.57. The van der Waals surface area contributed by atoms with Crippen molar-refractivity contribution >= 4 is 0 Å². The lowest BCUT2D eigenvalue weighted by molar-refractivity contribution is -0.0260. The minimum Gasteiger partial charge on any atom is -0.327 e. The zero-order valence-electron chi connectivity index (χ0n) is 13.2. The van der Waals surface area contributed by atoms with Gasteiger partial charge in [-0.25, -0.2) is 0 Å². The van der Waals surface area contributed by atoms with E-state index in [0.29, 0.717) is 17.5 Å². The van der Waals surface area contributed by atoms with Crippen LogP contribution < -0.4 is 5.73 Å². The Balaban J connectivity index is 2.11. The highest BCUT2D eigenvalue weighted by Gasteiger charge is 2.47. The van der Waals surface area contributed by atoms with Crippen molar-refractivity contribution in [1.82, 2.24) is 4.90 Å². The average molecular weight is 252 g/mol. The molecule has 0 radical (unpaired) electrons. The van der Waals surface area contributed by atoms with Crippen LogP contribution >= 0.6 is 0 Å². The average Bonchev–Trinajstić information content (AvgIpc) is 2.92. The van der Waals surface area contributed by atoms with Crippen molar-refractivity contribution in [3.05, 3.63) is 0 Å². The molecule has 0 spiro atoms. The molecule has 1 heterocycles. The first-order valence-corrected chi connectivity index (χ1v) is 7.63. The van der Waals surface area contributed by atoms with Crippen LogP contribution in [-0.2, 0) is 0 Å². The summed E-state index contributed by atoms with van der Waals surface area (Å²) in [6.07, 6.45) is 3.97. The highest BCUT2D eigenvalue weighted by molar-refractivity contribution is 5.01. The van der Waals surface area contributed by atoms with Crippen LogP contribution in [0.15, 0.2) is 0 Å². The van der Waals surface area contributed by atoms with Crippen LogP contribution in [-0.4, -0.2) is 29.1 Å². The van der Waals surface area contributed by atoms with Gasteiger partial charge < -0.3 is 5.73 Å². The third-order valence-corrected chi connectivity index (χ3v) is 5.00. The molecule has 1 saturated carbocycles. The summed E-state index contributed by atoms with van der Waals surface area (Å²) >= 11 is 0. The molecule has 2 heteroatoms. The summed E-state index contributed by atoms with van der Waals surface area (Å²) in [6.45, 7) is 15.5. The fourth-order valence-corrected chi connectivity index (χ4v) is 3.78. The first kappa shape index (κ1) is 14.3. The van der Waals surface area contributed by atoms with Gasteiger partial charge in [0.15, 0.2) is 0 Å². The highest BCUT2D eigenvalue weighted by Crippen LogP contribution is 2.46. The molecule has 1 aliphatic heterocycles. The van der Waals surface area contributed by atoms with Crippen LogP contribution in [0.1, 0.15) is 60.8 Å². The minimum absolute atomic E-state index is 0.286. The van der Waals surface area contributed by atoms with E-state index in [2.05, 4.69) is 46.4 Å². The maximum atomic E-state index is 6.06. The van der Waals surface area contributed by atoms with E-state index in [0.717, 1.165) is 11.8 Å². The van der Waals surface area contributed by atoms with Crippen LogP contribution in [0.2, 0.25) is 0 Å². The van der Waals surface area contributed by atoms with Crippen LogP contribution in [0.3, 0.4) is 0 Å². The van der Waals surface area contributed by atoms with Gasteiger partial charge in [0, 0.05) is 17.6 Å². The Morgan fingerprint density at radius 2 is 1.56 bits per heavy atom. The number of rotatable bonds is 1. The lowest BCUT2D eigenvalue weighted by atomic mass is 9.74. The molecule has 4 unspecified atom stereocenters. The first-order chi connectivity index (χ1) is 8.10. The van der Waals surface area contributed by atoms with Gasteiger partial charge in [-0.1, -0.05) is 20.8 Å². The summed E-state index contributed by atoms with van der Waals surface area (Å²) in [6, 6.07) is 1.21. The van der Waals surface area contributed by atoms with E-state index in [1.807, 2.05) is 0 Å². The molecule has 106 valence electrons. The van der Waals surface area contributed by atoms with E-state index < -0.39 is 0 Å². The van der Waals surface area contributed by atoms with Crippen molar-refractivity contribution in [1.29, 1.82) is 0 Å². The van der Waals surface area contributed by atoms with E-state index in [-0.39, 0.29) is 5.54 Å². The van der Waals surface area contributed by atoms with Gasteiger partial charge in [0.05, 0.1) is 0 Å². The second kappa shape index (κ2) is 4.49. The number of piperidine rings is 1. The van der Waals surface area contributed by atoms with Gasteiger partial charge in [-0.05, 0) is 63.8 Å². The molecule has 0 aromatic heterocycles. The molecule has 1 aliphatic carbocycles. The lowest BCUT2D eigenvalue weighted by Gasteiger charge is -2.52. The molecule has 0 amide bonds. The van der Waals surface area contributed by atoms with Crippen molar-refractivity contribution in [3.8, 4) is 0 Å². The molecule has 2 N–H and O–H groups in total. The molecule has 18 heavy (non-hydrogen) atoms. The molecule has 0 aromatic carbocycles. The van der Waals surface area contributed by atoms with Gasteiger partial charge in [-0.15, -0.1) is 0 Å². The number of nitrogens with zero attached hydrogens (tertiary/aromatic N) is 1. The van der Waals surface area contributed by atoms with Crippen molar-refractivity contribution in [2.24, 2.45) is 23.0 Å². The Labute approximate surface area is 113 Å². The van der Waals surface area contributed by atoms with E-state index in [4.69, 9.17) is 5.73 Å². The number of hydrogen-bond donors (Lipinski definition) is 1. The maximum absolute atomic E-state index is 6.06. The van der Waals surface area contributed by atoms with E-state index in [1.165, 1.54) is 25.8 Å². The zero-order valence-corrected chi connectivity index (χ0v) is 13.2. The van der Waals surface area contributed by atoms with Gasteiger partial charge in [0.25, 0.3) is 0 Å². The molecule has 2 aliphatic rings. The van der Waals surface area contributed by atoms with Crippen LogP contribution in [0.4, 0.5) is 0 Å². The Bertz CT molecular complexity index is 297. The van der Waals surface area contributed by atoms with Crippen LogP contribution in [0, 0.1) is 17.3 Å². The Morgan fingerprint density at radius 1 is 1.00 bits per heavy atom. The summed E-state index contributed by atoms with van der Waals surface area (Å²) < 4.78 is 0. The number of likely N-dealkylation sites (tertiary alicyclic amines) is 1. The number of hydrogen-bond acceptors (Lipinski definition) is 2. The topological polar surface area (TPSA) is 29.3 Å². The quantitative estimate of drug-likeness (QED) is 0.776. The summed E-state index contributed by atoms with van der Waals surface area (Å²) in [5.74, 6) is 1.71. The van der Waals surface area contributed by atoms with Crippen molar-refractivity contribution in [3.63, 3.8) is 0 Å². The van der Waals surface area contributed by atoms with E-state index in [9.17, 15) is 0 Å². The normalized spacial score (nSPS) is 38.8. The fraction of sp³-hybridized carbons (Fsp3) is 1.00. The predicted molar refractivity (Wildman–Crippen MR) is 78.5 cm³/mol. The van der Waals surface area contributed by atoms with Gasteiger partial charge in [-0.3, -0.25) is 4.90 Å². The first-order valence-electron chi connectivity index (χ1n) is 7.63. The molecule has 0 aromatic rings. The summed E-state index contributed by atoms with van der Waals surface area (Å²) in [4.78, 5) is 2.73. The SMILES string of the molecule is CC(C)(C)C1CC(C2CC2N)CCN1C(C)(C)C. The zero-order chi connectivity index (χ0) is 13.7. The minimum atomic E-state index is 0.286. The predicted octanol–water partition coefficient (Wildman–Crippen LogP) is 3.26. The van der Waals surface area contributed by atoms with Gasteiger partial charge in [0.1, 0.15) is 0 Å². The monoisotopic (exact) mass is 252 g/mol. The largest absolute Gasteiger partial charge is 0.327 e. The van der Waals surface area contributed by atoms with Gasteiger partial charge in [0.2, 0.25) is 0 Å². The summed E-state index contributed by atoms with van der Waals surface area (Å²) in [5.41, 5.74) is 6.71. The van der Waals surface area contributed by atoms with Crippen molar-refractivity contribution in [2.75, 3.05) is 6.54 Å². The van der Waals surface area contributed by atoms with Crippen LogP contribution in [0.5, 0.6) is 0 Å². The molecule has 2 fully saturated rings.